The number of fused-ring (bicyclic) bond motifs is 1. The zero-order valence-electron chi connectivity index (χ0n) is 11.2. The Kier molecular flexibility index (Phi) is 2.98. The topological polar surface area (TPSA) is 52.0 Å². The van der Waals surface area contributed by atoms with Gasteiger partial charge in [-0.2, -0.15) is 5.10 Å². The van der Waals surface area contributed by atoms with Crippen LogP contribution in [-0.2, 0) is 13.5 Å². The SMILES string of the molecule is Cc1nn(C)cc1C(=O)C1Cc2cc(Cl)ccc2C1=O. The van der Waals surface area contributed by atoms with E-state index in [1.165, 1.54) is 0 Å². The fourth-order valence-corrected chi connectivity index (χ4v) is 2.91. The Balaban J connectivity index is 1.96. The molecule has 0 radical (unpaired) electrons. The summed E-state index contributed by atoms with van der Waals surface area (Å²) in [4.78, 5) is 24.9. The number of rotatable bonds is 2. The molecule has 2 aromatic rings. The van der Waals surface area contributed by atoms with Crippen LogP contribution in [0.2, 0.25) is 5.02 Å². The van der Waals surface area contributed by atoms with Gasteiger partial charge in [0.25, 0.3) is 0 Å². The number of carbonyl (C=O) groups is 2. The second kappa shape index (κ2) is 4.56. The van der Waals surface area contributed by atoms with Crippen molar-refractivity contribution in [3.63, 3.8) is 0 Å². The number of ketones is 2. The first-order valence-corrected chi connectivity index (χ1v) is 6.72. The first-order chi connectivity index (χ1) is 9.47. The molecule has 1 aromatic carbocycles. The van der Waals surface area contributed by atoms with Crippen LogP contribution in [0, 0.1) is 12.8 Å². The summed E-state index contributed by atoms with van der Waals surface area (Å²) in [5.74, 6) is -0.927. The molecule has 102 valence electrons. The van der Waals surface area contributed by atoms with Crippen LogP contribution in [0.1, 0.15) is 32.0 Å². The maximum Gasteiger partial charge on any atom is 0.177 e. The predicted octanol–water partition coefficient (Wildman–Crippen LogP) is 2.62. The number of carbonyl (C=O) groups excluding carboxylic acids is 2. The molecule has 0 saturated heterocycles. The molecule has 1 aliphatic carbocycles. The van der Waals surface area contributed by atoms with E-state index in [-0.39, 0.29) is 11.6 Å². The molecule has 1 aromatic heterocycles. The summed E-state index contributed by atoms with van der Waals surface area (Å²) in [5, 5.41) is 4.74. The summed E-state index contributed by atoms with van der Waals surface area (Å²) in [6, 6.07) is 5.14. The maximum absolute atomic E-state index is 12.5. The first kappa shape index (κ1) is 13.1. The second-order valence-electron chi connectivity index (χ2n) is 5.09. The number of benzene rings is 1. The number of halogens is 1. The lowest BCUT2D eigenvalue weighted by molar-refractivity contribution is 0.0822. The molecular formula is C15H13ClN2O2. The zero-order chi connectivity index (χ0) is 14.4. The van der Waals surface area contributed by atoms with Gasteiger partial charge in [-0.1, -0.05) is 11.6 Å². The third-order valence-corrected chi connectivity index (χ3v) is 3.90. The largest absolute Gasteiger partial charge is 0.293 e. The van der Waals surface area contributed by atoms with Gasteiger partial charge in [-0.05, 0) is 37.1 Å². The van der Waals surface area contributed by atoms with Gasteiger partial charge < -0.3 is 0 Å². The number of aryl methyl sites for hydroxylation is 2. The first-order valence-electron chi connectivity index (χ1n) is 6.34. The van der Waals surface area contributed by atoms with Crippen molar-refractivity contribution in [2.75, 3.05) is 0 Å². The van der Waals surface area contributed by atoms with Crippen molar-refractivity contribution in [1.82, 2.24) is 9.78 Å². The quantitative estimate of drug-likeness (QED) is 0.630. The van der Waals surface area contributed by atoms with Crippen molar-refractivity contribution in [2.24, 2.45) is 13.0 Å². The molecule has 20 heavy (non-hydrogen) atoms. The van der Waals surface area contributed by atoms with E-state index in [4.69, 9.17) is 11.6 Å². The summed E-state index contributed by atoms with van der Waals surface area (Å²) in [5.41, 5.74) is 2.63. The highest BCUT2D eigenvalue weighted by Gasteiger charge is 2.37. The molecule has 0 amide bonds. The molecule has 1 aliphatic rings. The second-order valence-corrected chi connectivity index (χ2v) is 5.52. The fraction of sp³-hybridized carbons (Fsp3) is 0.267. The number of hydrogen-bond donors (Lipinski definition) is 0. The third kappa shape index (κ3) is 1.96. The molecule has 0 bridgehead atoms. The summed E-state index contributed by atoms with van der Waals surface area (Å²) in [6.45, 7) is 1.77. The van der Waals surface area contributed by atoms with Crippen LogP contribution in [-0.4, -0.2) is 21.3 Å². The van der Waals surface area contributed by atoms with Gasteiger partial charge in [0.1, 0.15) is 0 Å². The Morgan fingerprint density at radius 1 is 1.45 bits per heavy atom. The van der Waals surface area contributed by atoms with Crippen LogP contribution >= 0.6 is 11.6 Å². The van der Waals surface area contributed by atoms with Gasteiger partial charge in [-0.25, -0.2) is 0 Å². The molecule has 0 N–H and O–H groups in total. The van der Waals surface area contributed by atoms with E-state index in [0.29, 0.717) is 28.3 Å². The third-order valence-electron chi connectivity index (χ3n) is 3.67. The lowest BCUT2D eigenvalue weighted by Crippen LogP contribution is -2.21. The average molecular weight is 289 g/mol. The molecule has 0 saturated carbocycles. The molecule has 0 aliphatic heterocycles. The van der Waals surface area contributed by atoms with E-state index < -0.39 is 5.92 Å². The number of aromatic nitrogens is 2. The molecule has 0 fully saturated rings. The highest BCUT2D eigenvalue weighted by Crippen LogP contribution is 2.31. The van der Waals surface area contributed by atoms with Gasteiger partial charge in [0.2, 0.25) is 0 Å². The van der Waals surface area contributed by atoms with Crippen molar-refractivity contribution in [3.05, 3.63) is 51.8 Å². The molecular weight excluding hydrogens is 276 g/mol. The molecule has 4 nitrogen and oxygen atoms in total. The lowest BCUT2D eigenvalue weighted by atomic mass is 9.94. The fourth-order valence-electron chi connectivity index (χ4n) is 2.71. The molecule has 3 rings (SSSR count). The van der Waals surface area contributed by atoms with Crippen molar-refractivity contribution in [2.45, 2.75) is 13.3 Å². The van der Waals surface area contributed by atoms with Crippen LogP contribution in [0.5, 0.6) is 0 Å². The van der Waals surface area contributed by atoms with Crippen molar-refractivity contribution in [1.29, 1.82) is 0 Å². The van der Waals surface area contributed by atoms with E-state index in [0.717, 1.165) is 5.56 Å². The van der Waals surface area contributed by atoms with E-state index in [2.05, 4.69) is 5.10 Å². The maximum atomic E-state index is 12.5. The standard InChI is InChI=1S/C15H13ClN2O2/c1-8-13(7-18(2)17-8)15(20)12-6-9-5-10(16)3-4-11(9)14(12)19/h3-5,7,12H,6H2,1-2H3. The van der Waals surface area contributed by atoms with Gasteiger partial charge in [-0.3, -0.25) is 14.3 Å². The number of Topliss-reactive ketones (excluding diaryl/α,β-unsaturated/α-hetero) is 2. The summed E-state index contributed by atoms with van der Waals surface area (Å²) < 4.78 is 1.59. The molecule has 1 atom stereocenters. The van der Waals surface area contributed by atoms with Crippen LogP contribution in [0.15, 0.2) is 24.4 Å². The predicted molar refractivity (Wildman–Crippen MR) is 75.3 cm³/mol. The van der Waals surface area contributed by atoms with Crippen molar-refractivity contribution < 1.29 is 9.59 Å². The van der Waals surface area contributed by atoms with Gasteiger partial charge in [0.15, 0.2) is 11.6 Å². The smallest absolute Gasteiger partial charge is 0.177 e. The average Bonchev–Trinajstić information content (AvgIpc) is 2.89. The Labute approximate surface area is 121 Å². The molecule has 0 spiro atoms. The minimum Gasteiger partial charge on any atom is -0.293 e. The van der Waals surface area contributed by atoms with Gasteiger partial charge in [0, 0.05) is 23.8 Å². The van der Waals surface area contributed by atoms with Crippen LogP contribution in [0.4, 0.5) is 0 Å². The highest BCUT2D eigenvalue weighted by molar-refractivity contribution is 6.31. The zero-order valence-corrected chi connectivity index (χ0v) is 11.9. The van der Waals surface area contributed by atoms with Crippen molar-refractivity contribution >= 4 is 23.2 Å². The van der Waals surface area contributed by atoms with Gasteiger partial charge in [0.05, 0.1) is 17.2 Å². The van der Waals surface area contributed by atoms with Crippen LogP contribution in [0.3, 0.4) is 0 Å². The Bertz CT molecular complexity index is 733. The number of nitrogens with zero attached hydrogens (tertiary/aromatic N) is 2. The van der Waals surface area contributed by atoms with E-state index >= 15 is 0 Å². The van der Waals surface area contributed by atoms with Crippen LogP contribution < -0.4 is 0 Å². The summed E-state index contributed by atoms with van der Waals surface area (Å²) in [7, 11) is 1.76. The molecule has 1 heterocycles. The lowest BCUT2D eigenvalue weighted by Gasteiger charge is -2.05. The summed E-state index contributed by atoms with van der Waals surface area (Å²) in [6.07, 6.45) is 2.09. The molecule has 5 heteroatoms. The monoisotopic (exact) mass is 288 g/mol. The Morgan fingerprint density at radius 2 is 2.20 bits per heavy atom. The Hall–Kier alpha value is -1.94. The van der Waals surface area contributed by atoms with Gasteiger partial charge >= 0.3 is 0 Å². The molecule has 1 unspecified atom stereocenters. The van der Waals surface area contributed by atoms with E-state index in [9.17, 15) is 9.59 Å². The normalized spacial score (nSPS) is 17.4. The van der Waals surface area contributed by atoms with Crippen molar-refractivity contribution in [3.8, 4) is 0 Å². The van der Waals surface area contributed by atoms with Gasteiger partial charge in [-0.15, -0.1) is 0 Å². The summed E-state index contributed by atoms with van der Waals surface area (Å²) >= 11 is 5.93. The Morgan fingerprint density at radius 3 is 2.85 bits per heavy atom. The van der Waals surface area contributed by atoms with E-state index in [1.54, 1.807) is 43.0 Å². The minimum absolute atomic E-state index is 0.120. The minimum atomic E-state index is -0.647. The van der Waals surface area contributed by atoms with Crippen LogP contribution in [0.25, 0.3) is 0 Å². The number of hydrogen-bond acceptors (Lipinski definition) is 3. The van der Waals surface area contributed by atoms with E-state index in [1.807, 2.05) is 0 Å². The highest BCUT2D eigenvalue weighted by atomic mass is 35.5.